The summed E-state index contributed by atoms with van der Waals surface area (Å²) in [6.45, 7) is 0. The summed E-state index contributed by atoms with van der Waals surface area (Å²) >= 11 is 0. The van der Waals surface area contributed by atoms with E-state index in [4.69, 9.17) is 0 Å². The molecule has 0 saturated carbocycles. The Labute approximate surface area is 317 Å². The van der Waals surface area contributed by atoms with Gasteiger partial charge >= 0.3 is 0 Å². The lowest BCUT2D eigenvalue weighted by molar-refractivity contribution is 1.30. The van der Waals surface area contributed by atoms with Gasteiger partial charge in [0.05, 0.1) is 0 Å². The van der Waals surface area contributed by atoms with Crippen LogP contribution in [0, 0.1) is 0 Å². The van der Waals surface area contributed by atoms with Crippen molar-refractivity contribution in [2.24, 2.45) is 0 Å². The third-order valence-corrected chi connectivity index (χ3v) is 11.8. The van der Waals surface area contributed by atoms with Gasteiger partial charge < -0.3 is 4.90 Å². The van der Waals surface area contributed by atoms with Crippen LogP contribution in [0.25, 0.3) is 97.0 Å². The summed E-state index contributed by atoms with van der Waals surface area (Å²) in [5.41, 5.74) is 3.38. The molecule has 0 aliphatic heterocycles. The molecular formula is C54H33N. The van der Waals surface area contributed by atoms with Crippen molar-refractivity contribution < 1.29 is 0 Å². The molecule has 12 aromatic rings. The Bertz CT molecular complexity index is 3180. The van der Waals surface area contributed by atoms with Crippen LogP contribution in [0.1, 0.15) is 0 Å². The van der Waals surface area contributed by atoms with Gasteiger partial charge in [0.1, 0.15) is 0 Å². The summed E-state index contributed by atoms with van der Waals surface area (Å²) in [5, 5.41) is 22.6. The Morgan fingerprint density at radius 3 is 0.727 bits per heavy atom. The molecule has 0 spiro atoms. The van der Waals surface area contributed by atoms with Crippen molar-refractivity contribution in [1.29, 1.82) is 0 Å². The van der Waals surface area contributed by atoms with Crippen molar-refractivity contribution in [3.63, 3.8) is 0 Å². The van der Waals surface area contributed by atoms with Crippen LogP contribution in [0.15, 0.2) is 200 Å². The van der Waals surface area contributed by atoms with Gasteiger partial charge in [0.2, 0.25) is 0 Å². The van der Waals surface area contributed by atoms with Crippen LogP contribution in [0.3, 0.4) is 0 Å². The maximum absolute atomic E-state index is 2.46. The Morgan fingerprint density at radius 2 is 0.418 bits per heavy atom. The third-order valence-electron chi connectivity index (χ3n) is 11.8. The number of benzene rings is 12. The Kier molecular flexibility index (Phi) is 6.40. The van der Waals surface area contributed by atoms with Crippen LogP contribution in [-0.4, -0.2) is 0 Å². The first-order chi connectivity index (χ1) is 27.2. The van der Waals surface area contributed by atoms with E-state index in [-0.39, 0.29) is 0 Å². The molecule has 0 unspecified atom stereocenters. The van der Waals surface area contributed by atoms with Crippen molar-refractivity contribution >= 4 is 114 Å². The first-order valence-corrected chi connectivity index (χ1v) is 19.1. The zero-order valence-electron chi connectivity index (χ0n) is 30.0. The standard InChI is InChI=1S/C54H33N/c1-4-10-40-28-49-43(25-37(40)7-1)16-13-34-19-22-46(31-52(34)49)55(47-23-20-35-14-17-44-26-38-8-2-5-11-41(38)29-50(44)53(35)32-47)48-24-21-36-15-18-45-27-39-9-3-6-12-42(39)30-51(45)54(36)33-48/h1-33H. The largest absolute Gasteiger partial charge is 0.310 e. The lowest BCUT2D eigenvalue weighted by Gasteiger charge is -2.27. The molecule has 1 heteroatoms. The first kappa shape index (κ1) is 30.3. The van der Waals surface area contributed by atoms with Gasteiger partial charge in [-0.1, -0.05) is 127 Å². The van der Waals surface area contributed by atoms with Gasteiger partial charge in [-0.2, -0.15) is 0 Å². The molecule has 12 rings (SSSR count). The predicted molar refractivity (Wildman–Crippen MR) is 239 cm³/mol. The van der Waals surface area contributed by atoms with Crippen LogP contribution < -0.4 is 4.90 Å². The van der Waals surface area contributed by atoms with Gasteiger partial charge in [0.25, 0.3) is 0 Å². The zero-order valence-corrected chi connectivity index (χ0v) is 30.0. The highest BCUT2D eigenvalue weighted by atomic mass is 15.1. The minimum atomic E-state index is 1.13. The molecule has 0 saturated heterocycles. The quantitative estimate of drug-likeness (QED) is 0.131. The highest BCUT2D eigenvalue weighted by molar-refractivity contribution is 6.16. The normalized spacial score (nSPS) is 12.0. The third kappa shape index (κ3) is 4.80. The number of fused-ring (bicyclic) bond motifs is 12. The number of anilines is 3. The monoisotopic (exact) mass is 695 g/mol. The SMILES string of the molecule is c1ccc2cc3c(ccc4ccc(N(c5ccc6ccc7cc8ccccc8cc7c6c5)c5ccc6ccc7cc8ccccc8cc7c6c5)cc43)cc2c1. The molecule has 0 radical (unpaired) electrons. The summed E-state index contributed by atoms with van der Waals surface area (Å²) in [6, 6.07) is 74.6. The smallest absolute Gasteiger partial charge is 0.0468 e. The molecule has 0 amide bonds. The van der Waals surface area contributed by atoms with Gasteiger partial charge in [0.15, 0.2) is 0 Å². The first-order valence-electron chi connectivity index (χ1n) is 19.1. The predicted octanol–water partition coefficient (Wildman–Crippen LogP) is 15.5. The van der Waals surface area contributed by atoms with Crippen LogP contribution in [-0.2, 0) is 0 Å². The molecule has 0 heterocycles. The molecule has 0 fully saturated rings. The molecular weight excluding hydrogens is 663 g/mol. The molecule has 0 bridgehead atoms. The van der Waals surface area contributed by atoms with Gasteiger partial charge in [0, 0.05) is 17.1 Å². The van der Waals surface area contributed by atoms with Gasteiger partial charge in [-0.15, -0.1) is 0 Å². The van der Waals surface area contributed by atoms with E-state index in [0.29, 0.717) is 0 Å². The van der Waals surface area contributed by atoms with E-state index in [2.05, 4.69) is 205 Å². The lowest BCUT2D eigenvalue weighted by atomic mass is 9.96. The molecule has 12 aromatic carbocycles. The van der Waals surface area contributed by atoms with E-state index < -0.39 is 0 Å². The fourth-order valence-electron chi connectivity index (χ4n) is 9.06. The second kappa shape index (κ2) is 11.6. The fraction of sp³-hybridized carbons (Fsp3) is 0. The second-order valence-electron chi connectivity index (χ2n) is 15.0. The van der Waals surface area contributed by atoms with Crippen LogP contribution in [0.5, 0.6) is 0 Å². The Balaban J connectivity index is 1.14. The minimum Gasteiger partial charge on any atom is -0.310 e. The van der Waals surface area contributed by atoms with Crippen molar-refractivity contribution in [3.05, 3.63) is 200 Å². The van der Waals surface area contributed by atoms with Gasteiger partial charge in [-0.05, 0) is 170 Å². The summed E-state index contributed by atoms with van der Waals surface area (Å²) < 4.78 is 0. The number of rotatable bonds is 3. The maximum Gasteiger partial charge on any atom is 0.0468 e. The fourth-order valence-corrected chi connectivity index (χ4v) is 9.06. The molecule has 1 nitrogen and oxygen atoms in total. The van der Waals surface area contributed by atoms with Crippen LogP contribution in [0.2, 0.25) is 0 Å². The van der Waals surface area contributed by atoms with Crippen LogP contribution >= 0.6 is 0 Å². The molecule has 0 aliphatic carbocycles. The highest BCUT2D eigenvalue weighted by Gasteiger charge is 2.17. The second-order valence-corrected chi connectivity index (χ2v) is 15.0. The van der Waals surface area contributed by atoms with E-state index in [9.17, 15) is 0 Å². The average molecular weight is 696 g/mol. The molecule has 0 atom stereocenters. The molecule has 0 N–H and O–H groups in total. The van der Waals surface area contributed by atoms with Crippen molar-refractivity contribution in [1.82, 2.24) is 0 Å². The van der Waals surface area contributed by atoms with E-state index in [1.165, 1.54) is 97.0 Å². The summed E-state index contributed by atoms with van der Waals surface area (Å²) in [4.78, 5) is 2.46. The van der Waals surface area contributed by atoms with Gasteiger partial charge in [-0.25, -0.2) is 0 Å². The van der Waals surface area contributed by atoms with Crippen LogP contribution in [0.4, 0.5) is 17.1 Å². The number of nitrogens with zero attached hydrogens (tertiary/aromatic N) is 1. The summed E-state index contributed by atoms with van der Waals surface area (Å²) in [5.74, 6) is 0. The highest BCUT2D eigenvalue weighted by Crippen LogP contribution is 2.42. The van der Waals surface area contributed by atoms with E-state index >= 15 is 0 Å². The lowest BCUT2D eigenvalue weighted by Crippen LogP contribution is -2.10. The topological polar surface area (TPSA) is 3.24 Å². The number of hydrogen-bond donors (Lipinski definition) is 0. The van der Waals surface area contributed by atoms with Crippen molar-refractivity contribution in [2.45, 2.75) is 0 Å². The van der Waals surface area contributed by atoms with E-state index in [1.807, 2.05) is 0 Å². The zero-order chi connectivity index (χ0) is 36.0. The molecule has 55 heavy (non-hydrogen) atoms. The molecule has 0 aromatic heterocycles. The van der Waals surface area contributed by atoms with E-state index in [0.717, 1.165) is 17.1 Å². The Hall–Kier alpha value is -7.22. The van der Waals surface area contributed by atoms with Crippen molar-refractivity contribution in [2.75, 3.05) is 4.90 Å². The minimum absolute atomic E-state index is 1.13. The van der Waals surface area contributed by atoms with Crippen molar-refractivity contribution in [3.8, 4) is 0 Å². The summed E-state index contributed by atoms with van der Waals surface area (Å²) in [7, 11) is 0. The van der Waals surface area contributed by atoms with Gasteiger partial charge in [-0.3, -0.25) is 0 Å². The summed E-state index contributed by atoms with van der Waals surface area (Å²) in [6.07, 6.45) is 0. The maximum atomic E-state index is 2.46. The molecule has 254 valence electrons. The average Bonchev–Trinajstić information content (AvgIpc) is 3.24. The molecule has 0 aliphatic rings. The van der Waals surface area contributed by atoms with E-state index in [1.54, 1.807) is 0 Å². The Morgan fingerprint density at radius 1 is 0.182 bits per heavy atom. The number of hydrogen-bond acceptors (Lipinski definition) is 1.